The normalized spacial score (nSPS) is 13.7. The van der Waals surface area contributed by atoms with Crippen LogP contribution >= 0.6 is 0 Å². The number of nitrogens with zero attached hydrogens (tertiary/aromatic N) is 3. The van der Waals surface area contributed by atoms with Gasteiger partial charge in [0.15, 0.2) is 5.82 Å². The molecule has 1 saturated carbocycles. The lowest BCUT2D eigenvalue weighted by Crippen LogP contribution is -2.23. The Bertz CT molecular complexity index is 1300. The van der Waals surface area contributed by atoms with Crippen LogP contribution in [0.1, 0.15) is 55.6 Å². The van der Waals surface area contributed by atoms with Crippen LogP contribution in [0.15, 0.2) is 54.6 Å². The van der Waals surface area contributed by atoms with Crippen molar-refractivity contribution in [1.82, 2.24) is 20.2 Å². The lowest BCUT2D eigenvalue weighted by molar-refractivity contribution is 0.00695. The molecule has 1 aliphatic rings. The molecule has 0 bridgehead atoms. The Kier molecular flexibility index (Phi) is 5.20. The first-order valence-electron chi connectivity index (χ1n) is 11.0. The molecule has 8 nitrogen and oxygen atoms in total. The third-order valence-electron chi connectivity index (χ3n) is 5.24. The maximum Gasteiger partial charge on any atom is 0.338 e. The van der Waals surface area contributed by atoms with Crippen molar-refractivity contribution < 1.29 is 9.53 Å². The zero-order valence-corrected chi connectivity index (χ0v) is 18.8. The number of anilines is 4. The van der Waals surface area contributed by atoms with Crippen LogP contribution < -0.4 is 10.6 Å². The van der Waals surface area contributed by atoms with Crippen LogP contribution in [0.3, 0.4) is 0 Å². The molecule has 2 aromatic heterocycles. The minimum absolute atomic E-state index is 0.355. The highest BCUT2D eigenvalue weighted by Gasteiger charge is 2.25. The SMILES string of the molecule is CC(C)(C)OC(=O)c1ccc(Nc2nc(Nc3cc(C4CC4)[nH]n3)c3ccccc3n2)cc1. The Balaban J connectivity index is 1.38. The molecule has 0 atom stereocenters. The van der Waals surface area contributed by atoms with Crippen LogP contribution in [0, 0.1) is 0 Å². The number of carbonyl (C=O) groups is 1. The number of carbonyl (C=O) groups excluding carboxylic acids is 1. The van der Waals surface area contributed by atoms with Gasteiger partial charge in [-0.1, -0.05) is 12.1 Å². The molecule has 2 aromatic carbocycles. The van der Waals surface area contributed by atoms with Crippen LogP contribution in [0.25, 0.3) is 10.9 Å². The Morgan fingerprint density at radius 3 is 2.52 bits per heavy atom. The van der Waals surface area contributed by atoms with E-state index in [0.29, 0.717) is 23.2 Å². The molecule has 0 radical (unpaired) electrons. The summed E-state index contributed by atoms with van der Waals surface area (Å²) in [5.74, 6) is 2.08. The number of rotatable bonds is 6. The number of fused-ring (bicyclic) bond motifs is 1. The monoisotopic (exact) mass is 442 g/mol. The standard InChI is InChI=1S/C25H26N6O2/c1-25(2,3)33-23(32)16-10-12-17(13-11-16)26-24-27-19-7-5-4-6-18(19)22(29-24)28-21-14-20(30-31-21)15-8-9-15/h4-7,10-15H,8-9H2,1-3H3,(H3,26,27,28,29,30,31). The minimum atomic E-state index is -0.538. The van der Waals surface area contributed by atoms with Crippen molar-refractivity contribution >= 4 is 40.1 Å². The molecule has 3 N–H and O–H groups in total. The fourth-order valence-electron chi connectivity index (χ4n) is 3.51. The van der Waals surface area contributed by atoms with Crippen molar-refractivity contribution in [3.8, 4) is 0 Å². The molecule has 33 heavy (non-hydrogen) atoms. The molecule has 2 heterocycles. The van der Waals surface area contributed by atoms with Crippen LogP contribution in [0.4, 0.5) is 23.3 Å². The van der Waals surface area contributed by atoms with E-state index in [1.807, 2.05) is 51.1 Å². The lowest BCUT2D eigenvalue weighted by atomic mass is 10.1. The summed E-state index contributed by atoms with van der Waals surface area (Å²) in [6.07, 6.45) is 2.41. The number of esters is 1. The Hall–Kier alpha value is -3.94. The average Bonchev–Trinajstić information content (AvgIpc) is 3.52. The Morgan fingerprint density at radius 2 is 1.79 bits per heavy atom. The van der Waals surface area contributed by atoms with Crippen molar-refractivity contribution in [2.45, 2.75) is 45.1 Å². The second kappa shape index (κ2) is 8.20. The molecule has 5 rings (SSSR count). The molecule has 0 saturated heterocycles. The number of aromatic nitrogens is 4. The zero-order valence-electron chi connectivity index (χ0n) is 18.8. The van der Waals surface area contributed by atoms with E-state index in [4.69, 9.17) is 4.74 Å². The summed E-state index contributed by atoms with van der Waals surface area (Å²) >= 11 is 0. The van der Waals surface area contributed by atoms with Crippen molar-refractivity contribution in [2.24, 2.45) is 0 Å². The maximum absolute atomic E-state index is 12.3. The second-order valence-corrected chi connectivity index (χ2v) is 9.23. The average molecular weight is 443 g/mol. The van der Waals surface area contributed by atoms with Crippen LogP contribution in [0.5, 0.6) is 0 Å². The molecule has 0 amide bonds. The third-order valence-corrected chi connectivity index (χ3v) is 5.24. The van der Waals surface area contributed by atoms with Gasteiger partial charge in [-0.3, -0.25) is 5.10 Å². The van der Waals surface area contributed by atoms with E-state index in [0.717, 1.165) is 28.1 Å². The second-order valence-electron chi connectivity index (χ2n) is 9.23. The van der Waals surface area contributed by atoms with E-state index in [2.05, 4.69) is 30.8 Å². The summed E-state index contributed by atoms with van der Waals surface area (Å²) in [4.78, 5) is 21.6. The smallest absolute Gasteiger partial charge is 0.338 e. The summed E-state index contributed by atoms with van der Waals surface area (Å²) < 4.78 is 5.42. The molecule has 0 aliphatic heterocycles. The summed E-state index contributed by atoms with van der Waals surface area (Å²) in [6, 6.07) is 16.9. The molecule has 0 spiro atoms. The fourth-order valence-corrected chi connectivity index (χ4v) is 3.51. The number of hydrogen-bond donors (Lipinski definition) is 3. The number of para-hydroxylation sites is 1. The quantitative estimate of drug-likeness (QED) is 0.330. The largest absolute Gasteiger partial charge is 0.456 e. The predicted molar refractivity (Wildman–Crippen MR) is 128 cm³/mol. The fraction of sp³-hybridized carbons (Fsp3) is 0.280. The first kappa shape index (κ1) is 20.9. The number of hydrogen-bond acceptors (Lipinski definition) is 7. The van der Waals surface area contributed by atoms with Gasteiger partial charge in [-0.25, -0.2) is 9.78 Å². The molecule has 168 valence electrons. The lowest BCUT2D eigenvalue weighted by Gasteiger charge is -2.19. The van der Waals surface area contributed by atoms with E-state index in [-0.39, 0.29) is 5.97 Å². The summed E-state index contributed by atoms with van der Waals surface area (Å²) in [5, 5.41) is 15.0. The first-order valence-corrected chi connectivity index (χ1v) is 11.0. The Labute approximate surface area is 191 Å². The zero-order chi connectivity index (χ0) is 23.0. The molecule has 0 unspecified atom stereocenters. The van der Waals surface area contributed by atoms with Gasteiger partial charge in [0.2, 0.25) is 5.95 Å². The van der Waals surface area contributed by atoms with E-state index in [1.54, 1.807) is 24.3 Å². The van der Waals surface area contributed by atoms with Crippen molar-refractivity contribution in [3.63, 3.8) is 0 Å². The number of aromatic amines is 1. The highest BCUT2D eigenvalue weighted by atomic mass is 16.6. The van der Waals surface area contributed by atoms with Crippen molar-refractivity contribution in [1.29, 1.82) is 0 Å². The van der Waals surface area contributed by atoms with E-state index >= 15 is 0 Å². The van der Waals surface area contributed by atoms with Gasteiger partial charge in [0, 0.05) is 28.8 Å². The van der Waals surface area contributed by atoms with Gasteiger partial charge in [0.05, 0.1) is 11.1 Å². The molecule has 1 aliphatic carbocycles. The maximum atomic E-state index is 12.3. The summed E-state index contributed by atoms with van der Waals surface area (Å²) in [5.41, 5.74) is 2.67. The highest BCUT2D eigenvalue weighted by molar-refractivity contribution is 5.92. The Morgan fingerprint density at radius 1 is 1.03 bits per heavy atom. The number of ether oxygens (including phenoxy) is 1. The van der Waals surface area contributed by atoms with Crippen molar-refractivity contribution in [2.75, 3.05) is 10.6 Å². The van der Waals surface area contributed by atoms with E-state index in [1.165, 1.54) is 12.8 Å². The van der Waals surface area contributed by atoms with Crippen molar-refractivity contribution in [3.05, 3.63) is 65.9 Å². The molecular formula is C25H26N6O2. The highest BCUT2D eigenvalue weighted by Crippen LogP contribution is 2.39. The summed E-state index contributed by atoms with van der Waals surface area (Å²) in [6.45, 7) is 5.54. The van der Waals surface area contributed by atoms with Gasteiger partial charge in [0.25, 0.3) is 0 Å². The molecule has 8 heteroatoms. The van der Waals surface area contributed by atoms with Gasteiger partial charge in [0.1, 0.15) is 11.4 Å². The third kappa shape index (κ3) is 4.95. The van der Waals surface area contributed by atoms with Gasteiger partial charge in [-0.05, 0) is 70.0 Å². The van der Waals surface area contributed by atoms with Crippen LogP contribution in [-0.4, -0.2) is 31.7 Å². The van der Waals surface area contributed by atoms with Crippen LogP contribution in [-0.2, 0) is 4.74 Å². The number of benzene rings is 2. The number of nitrogens with one attached hydrogen (secondary N) is 3. The molecule has 1 fully saturated rings. The van der Waals surface area contributed by atoms with Gasteiger partial charge >= 0.3 is 5.97 Å². The topological polar surface area (TPSA) is 105 Å². The van der Waals surface area contributed by atoms with E-state index in [9.17, 15) is 4.79 Å². The van der Waals surface area contributed by atoms with Gasteiger partial charge in [-0.2, -0.15) is 10.1 Å². The molecule has 4 aromatic rings. The minimum Gasteiger partial charge on any atom is -0.456 e. The molecular weight excluding hydrogens is 416 g/mol. The first-order chi connectivity index (χ1) is 15.8. The summed E-state index contributed by atoms with van der Waals surface area (Å²) in [7, 11) is 0. The van der Waals surface area contributed by atoms with Gasteiger partial charge in [-0.15, -0.1) is 0 Å². The predicted octanol–water partition coefficient (Wildman–Crippen LogP) is 5.67. The van der Waals surface area contributed by atoms with Gasteiger partial charge < -0.3 is 15.4 Å². The van der Waals surface area contributed by atoms with E-state index < -0.39 is 5.60 Å². The van der Waals surface area contributed by atoms with Crippen LogP contribution in [0.2, 0.25) is 0 Å². The number of H-pyrrole nitrogens is 1.